The number of nitrogens with zero attached hydrogens (tertiary/aromatic N) is 4. The Morgan fingerprint density at radius 2 is 1.84 bits per heavy atom. The monoisotopic (exact) mass is 696 g/mol. The second kappa shape index (κ2) is 11.8. The molecule has 2 N–H and O–H groups in total. The van der Waals surface area contributed by atoms with E-state index in [4.69, 9.17) is 14.1 Å². The van der Waals surface area contributed by atoms with E-state index in [0.29, 0.717) is 70.1 Å². The van der Waals surface area contributed by atoms with Crippen LogP contribution in [0.5, 0.6) is 5.75 Å². The average molecular weight is 697 g/mol. The normalized spacial score (nSPS) is 17.9. The molecule has 0 saturated carbocycles. The summed E-state index contributed by atoms with van der Waals surface area (Å²) in [5.74, 6) is -2.18. The largest absolute Gasteiger partial charge is 0.490 e. The summed E-state index contributed by atoms with van der Waals surface area (Å²) in [6.07, 6.45) is 4.64. The molecule has 4 aromatic heterocycles. The van der Waals surface area contributed by atoms with Crippen molar-refractivity contribution in [2.24, 2.45) is 0 Å². The number of halogens is 3. The average Bonchev–Trinajstić information content (AvgIpc) is 3.91. The van der Waals surface area contributed by atoms with Crippen LogP contribution >= 0.6 is 11.3 Å². The van der Waals surface area contributed by atoms with Crippen molar-refractivity contribution in [3.05, 3.63) is 111 Å². The highest BCUT2D eigenvalue weighted by Crippen LogP contribution is 2.50. The number of thiophene rings is 1. The van der Waals surface area contributed by atoms with Gasteiger partial charge in [-0.25, -0.2) is 28.0 Å². The minimum Gasteiger partial charge on any atom is -0.490 e. The number of aromatic amines is 1. The van der Waals surface area contributed by atoms with Gasteiger partial charge in [-0.2, -0.15) is 0 Å². The number of fused-ring (bicyclic) bond motifs is 5. The number of rotatable bonds is 7. The van der Waals surface area contributed by atoms with E-state index in [0.717, 1.165) is 34.6 Å². The molecule has 10 nitrogen and oxygen atoms in total. The van der Waals surface area contributed by atoms with E-state index in [1.165, 1.54) is 29.5 Å². The topological polar surface area (TPSA) is 126 Å². The van der Waals surface area contributed by atoms with Gasteiger partial charge in [0, 0.05) is 41.2 Å². The third kappa shape index (κ3) is 5.04. The Labute approximate surface area is 285 Å². The van der Waals surface area contributed by atoms with Gasteiger partial charge in [0.25, 0.3) is 11.8 Å². The molecular formula is C36H27F3N6O4S. The summed E-state index contributed by atoms with van der Waals surface area (Å²) in [5.41, 5.74) is 3.96. The highest BCUT2D eigenvalue weighted by molar-refractivity contribution is 7.23. The molecule has 14 heteroatoms. The van der Waals surface area contributed by atoms with Crippen LogP contribution in [0.25, 0.3) is 32.0 Å². The molecule has 1 saturated heterocycles. The zero-order chi connectivity index (χ0) is 34.1. The number of carbonyl (C=O) groups is 1. The van der Waals surface area contributed by atoms with Crippen LogP contribution in [-0.4, -0.2) is 44.1 Å². The number of aryl methyl sites for hydroxylation is 2. The summed E-state index contributed by atoms with van der Waals surface area (Å²) >= 11 is 1.39. The minimum absolute atomic E-state index is 0.00561. The fourth-order valence-corrected chi connectivity index (χ4v) is 8.55. The van der Waals surface area contributed by atoms with E-state index in [9.17, 15) is 22.8 Å². The molecule has 0 radical (unpaired) electrons. The maximum atomic E-state index is 14.6. The number of nitrogens with one attached hydrogen (secondary N) is 2. The fourth-order valence-electron chi connectivity index (χ4n) is 7.39. The van der Waals surface area contributed by atoms with Gasteiger partial charge in [0.15, 0.2) is 11.6 Å². The summed E-state index contributed by atoms with van der Waals surface area (Å²) in [6, 6.07) is 11.5. The van der Waals surface area contributed by atoms with Crippen molar-refractivity contribution >= 4 is 33.1 Å². The second-order valence-corrected chi connectivity index (χ2v) is 13.7. The summed E-state index contributed by atoms with van der Waals surface area (Å²) in [6.45, 7) is 0.843. The quantitative estimate of drug-likeness (QED) is 0.181. The maximum absolute atomic E-state index is 14.6. The van der Waals surface area contributed by atoms with Crippen molar-refractivity contribution in [1.29, 1.82) is 0 Å². The van der Waals surface area contributed by atoms with Crippen LogP contribution in [0.2, 0.25) is 0 Å². The smallest absolute Gasteiger partial charge is 0.434 e. The molecule has 3 aliphatic rings. The number of H-pyrrole nitrogens is 1. The van der Waals surface area contributed by atoms with Crippen LogP contribution in [-0.2, 0) is 12.8 Å². The zero-order valence-electron chi connectivity index (χ0n) is 26.3. The summed E-state index contributed by atoms with van der Waals surface area (Å²) in [5, 5.41) is 10.8. The van der Waals surface area contributed by atoms with Crippen molar-refractivity contribution < 1.29 is 27.1 Å². The number of ether oxygens (including phenoxy) is 1. The number of pyridine rings is 2. The van der Waals surface area contributed by atoms with Gasteiger partial charge in [-0.1, -0.05) is 12.1 Å². The van der Waals surface area contributed by atoms with Crippen LogP contribution < -0.4 is 15.8 Å². The number of hydrogen-bond acceptors (Lipinski definition) is 9. The number of amides is 1. The zero-order valence-corrected chi connectivity index (χ0v) is 27.1. The lowest BCUT2D eigenvalue weighted by Gasteiger charge is -2.27. The molecule has 2 aromatic carbocycles. The third-order valence-electron chi connectivity index (χ3n) is 9.62. The number of aromatic nitrogens is 4. The molecule has 0 bridgehead atoms. The summed E-state index contributed by atoms with van der Waals surface area (Å²) < 4.78 is 54.4. The Hall–Kier alpha value is -5.50. The molecule has 50 heavy (non-hydrogen) atoms. The van der Waals surface area contributed by atoms with Crippen LogP contribution in [0, 0.1) is 17.5 Å². The summed E-state index contributed by atoms with van der Waals surface area (Å²) in [7, 11) is 0. The van der Waals surface area contributed by atoms with Crippen molar-refractivity contribution in [3.63, 3.8) is 0 Å². The first-order valence-corrected chi connectivity index (χ1v) is 17.1. The highest BCUT2D eigenvalue weighted by atomic mass is 32.1. The SMILES string of the molecule is O=C1c2c(nc(CCc3ccc(F)cc3)c(-c3n[nH]c(=O)o3)c2-c2cc3ccnc(NC4CCOc5c(F)cc(F)cc54)c3s2)C2CCCN12. The van der Waals surface area contributed by atoms with Gasteiger partial charge < -0.3 is 19.4 Å². The lowest BCUT2D eigenvalue weighted by Crippen LogP contribution is -2.22. The molecule has 1 amide bonds. The Balaban J connectivity index is 1.21. The predicted molar refractivity (Wildman–Crippen MR) is 179 cm³/mol. The van der Waals surface area contributed by atoms with Gasteiger partial charge >= 0.3 is 5.76 Å². The fraction of sp³-hybridized carbons (Fsp3) is 0.250. The van der Waals surface area contributed by atoms with E-state index >= 15 is 0 Å². The molecule has 0 spiro atoms. The third-order valence-corrected chi connectivity index (χ3v) is 10.8. The van der Waals surface area contributed by atoms with E-state index < -0.39 is 23.4 Å². The van der Waals surface area contributed by atoms with E-state index in [1.807, 2.05) is 17.0 Å². The van der Waals surface area contributed by atoms with Gasteiger partial charge in [-0.3, -0.25) is 9.78 Å². The molecule has 2 unspecified atom stereocenters. The van der Waals surface area contributed by atoms with Gasteiger partial charge in [0.2, 0.25) is 0 Å². The van der Waals surface area contributed by atoms with Crippen molar-refractivity contribution in [2.75, 3.05) is 18.5 Å². The van der Waals surface area contributed by atoms with E-state index in [1.54, 1.807) is 18.3 Å². The van der Waals surface area contributed by atoms with Crippen LogP contribution in [0.3, 0.4) is 0 Å². The van der Waals surface area contributed by atoms with Crippen LogP contribution in [0.15, 0.2) is 63.9 Å². The van der Waals surface area contributed by atoms with E-state index in [2.05, 4.69) is 20.5 Å². The van der Waals surface area contributed by atoms with Crippen molar-refractivity contribution in [2.45, 2.75) is 44.2 Å². The van der Waals surface area contributed by atoms with Gasteiger partial charge in [-0.15, -0.1) is 16.4 Å². The highest BCUT2D eigenvalue weighted by Gasteiger charge is 2.45. The Kier molecular flexibility index (Phi) is 7.23. The molecule has 9 rings (SSSR count). The van der Waals surface area contributed by atoms with E-state index in [-0.39, 0.29) is 36.0 Å². The predicted octanol–water partition coefficient (Wildman–Crippen LogP) is 7.13. The van der Waals surface area contributed by atoms with Crippen LogP contribution in [0.4, 0.5) is 19.0 Å². The van der Waals surface area contributed by atoms with Gasteiger partial charge in [0.05, 0.1) is 45.9 Å². The number of anilines is 1. The lowest BCUT2D eigenvalue weighted by molar-refractivity contribution is 0.0776. The Bertz CT molecular complexity index is 2390. The van der Waals surface area contributed by atoms with Crippen molar-refractivity contribution in [1.82, 2.24) is 25.1 Å². The number of benzene rings is 2. The van der Waals surface area contributed by atoms with Crippen LogP contribution in [0.1, 0.15) is 64.2 Å². The van der Waals surface area contributed by atoms with Gasteiger partial charge in [-0.05, 0) is 67.0 Å². The van der Waals surface area contributed by atoms with Gasteiger partial charge in [0.1, 0.15) is 17.5 Å². The molecule has 7 heterocycles. The second-order valence-electron chi connectivity index (χ2n) is 12.6. The standard InChI is InChI=1S/C36H27F3N6O4S/c37-19-6-3-17(4-7-19)5-8-24-27(34-43-44-36(47)49-34)28(29-30(41-24)25-2-1-12-45(25)35(29)46)26-14-18-9-11-40-33(32(18)50-26)42-23-10-13-48-31-21(23)15-20(38)16-22(31)39/h3-4,6-7,9,11,14-16,23,25H,1-2,5,8,10,12-13H2,(H,40,42)(H,44,47). The molecular weight excluding hydrogens is 669 g/mol. The maximum Gasteiger partial charge on any atom is 0.434 e. The number of hydrogen-bond donors (Lipinski definition) is 2. The molecule has 1 fully saturated rings. The molecule has 252 valence electrons. The Morgan fingerprint density at radius 3 is 2.66 bits per heavy atom. The first kappa shape index (κ1) is 30.6. The van der Waals surface area contributed by atoms with Crippen molar-refractivity contribution in [3.8, 4) is 27.6 Å². The summed E-state index contributed by atoms with van der Waals surface area (Å²) in [4.78, 5) is 38.7. The Morgan fingerprint density at radius 1 is 0.980 bits per heavy atom. The minimum atomic E-state index is -0.763. The molecule has 6 aromatic rings. The lowest BCUT2D eigenvalue weighted by atomic mass is 9.93. The molecule has 3 aliphatic heterocycles. The molecule has 2 atom stereocenters. The first-order valence-electron chi connectivity index (χ1n) is 16.3. The molecule has 0 aliphatic carbocycles. The first-order chi connectivity index (χ1) is 24.3. The number of carbonyl (C=O) groups excluding carboxylic acids is 1.